The third-order valence-electron chi connectivity index (χ3n) is 2.10. The van der Waals surface area contributed by atoms with E-state index in [1.165, 1.54) is 23.5 Å². The first-order valence-corrected chi connectivity index (χ1v) is 6.25. The van der Waals surface area contributed by atoms with Crippen molar-refractivity contribution >= 4 is 28.1 Å². The molecule has 2 rings (SSSR count). The first-order valence-electron chi connectivity index (χ1n) is 5.06. The summed E-state index contributed by atoms with van der Waals surface area (Å²) in [6.07, 6.45) is 0.357. The minimum atomic E-state index is -0.305. The van der Waals surface area contributed by atoms with Crippen LogP contribution in [0, 0.1) is 5.82 Å². The highest BCUT2D eigenvalue weighted by Crippen LogP contribution is 2.30. The summed E-state index contributed by atoms with van der Waals surface area (Å²) in [5.41, 5.74) is 0. The molecule has 2 aromatic rings. The Kier molecular flexibility index (Phi) is 4.17. The van der Waals surface area contributed by atoms with Gasteiger partial charge in [-0.15, -0.1) is 11.3 Å². The highest BCUT2D eigenvalue weighted by molar-refractivity contribution is 7.14. The molecule has 1 heterocycles. The van der Waals surface area contributed by atoms with Gasteiger partial charge in [-0.25, -0.2) is 4.39 Å². The molecule has 6 heteroatoms. The zero-order chi connectivity index (χ0) is 13.0. The third-order valence-corrected chi connectivity index (χ3v) is 3.27. The Bertz CT molecular complexity index is 553. The minimum Gasteiger partial charge on any atom is -0.447 e. The number of oxime groups is 1. The Morgan fingerprint density at radius 2 is 2.00 bits per heavy atom. The summed E-state index contributed by atoms with van der Waals surface area (Å²) in [4.78, 5) is 0.912. The standard InChI is InChI=1S/C12H9ClFNO2S/c13-11(15-16)7-10-5-6-12(18-10)17-9-3-1-8(14)2-4-9/h1-6,16H,7H2/b15-11-. The van der Waals surface area contributed by atoms with Gasteiger partial charge < -0.3 is 9.94 Å². The second kappa shape index (κ2) is 5.84. The molecule has 0 aliphatic carbocycles. The molecule has 0 bridgehead atoms. The lowest BCUT2D eigenvalue weighted by Gasteiger charge is -2.01. The number of ether oxygens (including phenoxy) is 1. The van der Waals surface area contributed by atoms with E-state index in [1.807, 2.05) is 6.07 Å². The predicted octanol–water partition coefficient (Wildman–Crippen LogP) is 4.25. The molecule has 1 aromatic carbocycles. The van der Waals surface area contributed by atoms with Crippen molar-refractivity contribution in [3.63, 3.8) is 0 Å². The van der Waals surface area contributed by atoms with Crippen molar-refractivity contribution < 1.29 is 14.3 Å². The van der Waals surface area contributed by atoms with Crippen LogP contribution in [0.5, 0.6) is 10.8 Å². The smallest absolute Gasteiger partial charge is 0.181 e. The van der Waals surface area contributed by atoms with Crippen molar-refractivity contribution in [2.75, 3.05) is 0 Å². The molecule has 1 N–H and O–H groups in total. The molecule has 0 aliphatic heterocycles. The van der Waals surface area contributed by atoms with Gasteiger partial charge in [0.25, 0.3) is 0 Å². The first-order chi connectivity index (χ1) is 8.67. The number of thiophene rings is 1. The molecule has 0 saturated heterocycles. The number of benzene rings is 1. The summed E-state index contributed by atoms with van der Waals surface area (Å²) in [5.74, 6) is 0.256. The minimum absolute atomic E-state index is 0.116. The lowest BCUT2D eigenvalue weighted by Crippen LogP contribution is -1.90. The summed E-state index contributed by atoms with van der Waals surface area (Å²) in [6.45, 7) is 0. The van der Waals surface area contributed by atoms with Crippen molar-refractivity contribution in [2.45, 2.75) is 6.42 Å². The van der Waals surface area contributed by atoms with E-state index >= 15 is 0 Å². The number of hydrogen-bond acceptors (Lipinski definition) is 4. The van der Waals surface area contributed by atoms with Crippen molar-refractivity contribution in [1.82, 2.24) is 0 Å². The fraction of sp³-hybridized carbons (Fsp3) is 0.0833. The Labute approximate surface area is 112 Å². The summed E-state index contributed by atoms with van der Waals surface area (Å²) in [5, 5.41) is 12.1. The molecule has 18 heavy (non-hydrogen) atoms. The largest absolute Gasteiger partial charge is 0.447 e. The van der Waals surface area contributed by atoms with Gasteiger partial charge in [-0.2, -0.15) is 0 Å². The molecule has 1 aromatic heterocycles. The van der Waals surface area contributed by atoms with Crippen LogP contribution in [-0.4, -0.2) is 10.4 Å². The maximum absolute atomic E-state index is 12.7. The van der Waals surface area contributed by atoms with Crippen LogP contribution < -0.4 is 4.74 Å². The first kappa shape index (κ1) is 12.9. The average molecular weight is 286 g/mol. The lowest BCUT2D eigenvalue weighted by molar-refractivity contribution is 0.319. The third kappa shape index (κ3) is 3.45. The number of hydrogen-bond donors (Lipinski definition) is 1. The highest BCUT2D eigenvalue weighted by atomic mass is 35.5. The number of halogens is 2. The molecule has 0 amide bonds. The van der Waals surface area contributed by atoms with Crippen molar-refractivity contribution in [2.24, 2.45) is 5.16 Å². The van der Waals surface area contributed by atoms with Crippen molar-refractivity contribution in [1.29, 1.82) is 0 Å². The van der Waals surface area contributed by atoms with Gasteiger partial charge in [0.05, 0.1) is 0 Å². The zero-order valence-corrected chi connectivity index (χ0v) is 10.7. The van der Waals surface area contributed by atoms with Crippen LogP contribution in [0.15, 0.2) is 41.6 Å². The zero-order valence-electron chi connectivity index (χ0n) is 9.14. The van der Waals surface area contributed by atoms with E-state index in [1.54, 1.807) is 18.2 Å². The normalized spacial score (nSPS) is 11.6. The van der Waals surface area contributed by atoms with Crippen molar-refractivity contribution in [3.8, 4) is 10.8 Å². The Morgan fingerprint density at radius 3 is 2.67 bits per heavy atom. The van der Waals surface area contributed by atoms with Crippen LogP contribution in [0.2, 0.25) is 0 Å². The fourth-order valence-corrected chi connectivity index (χ4v) is 2.41. The van der Waals surface area contributed by atoms with E-state index in [2.05, 4.69) is 5.16 Å². The van der Waals surface area contributed by atoms with Gasteiger partial charge >= 0.3 is 0 Å². The molecule has 94 valence electrons. The molecular weight excluding hydrogens is 277 g/mol. The number of rotatable bonds is 4. The van der Waals surface area contributed by atoms with Crippen LogP contribution in [0.1, 0.15) is 4.88 Å². The second-order valence-electron chi connectivity index (χ2n) is 3.43. The van der Waals surface area contributed by atoms with Gasteiger partial charge in [-0.1, -0.05) is 16.8 Å². The molecule has 0 unspecified atom stereocenters. The molecule has 0 atom stereocenters. The van der Waals surface area contributed by atoms with E-state index < -0.39 is 0 Å². The molecular formula is C12H9ClFNO2S. The highest BCUT2D eigenvalue weighted by Gasteiger charge is 2.05. The molecule has 0 saturated carbocycles. The van der Waals surface area contributed by atoms with Gasteiger partial charge in [0.15, 0.2) is 10.2 Å². The van der Waals surface area contributed by atoms with Crippen molar-refractivity contribution in [3.05, 3.63) is 47.1 Å². The molecule has 0 spiro atoms. The quantitative estimate of drug-likeness (QED) is 0.518. The predicted molar refractivity (Wildman–Crippen MR) is 69.6 cm³/mol. The van der Waals surface area contributed by atoms with Crippen LogP contribution in [0.4, 0.5) is 4.39 Å². The van der Waals surface area contributed by atoms with Gasteiger partial charge in [-0.05, 0) is 36.4 Å². The van der Waals surface area contributed by atoms with Gasteiger partial charge in [-0.3, -0.25) is 0 Å². The Balaban J connectivity index is 2.04. The Morgan fingerprint density at radius 1 is 1.28 bits per heavy atom. The Hall–Kier alpha value is -1.59. The lowest BCUT2D eigenvalue weighted by atomic mass is 10.3. The van der Waals surface area contributed by atoms with Gasteiger partial charge in [0, 0.05) is 11.3 Å². The molecule has 0 aliphatic rings. The fourth-order valence-electron chi connectivity index (χ4n) is 1.31. The summed E-state index contributed by atoms with van der Waals surface area (Å²) >= 11 is 6.99. The summed E-state index contributed by atoms with van der Waals surface area (Å²) in [6, 6.07) is 9.38. The second-order valence-corrected chi connectivity index (χ2v) is 5.00. The summed E-state index contributed by atoms with van der Waals surface area (Å²) in [7, 11) is 0. The van der Waals surface area contributed by atoms with E-state index in [4.69, 9.17) is 21.5 Å². The number of nitrogens with zero attached hydrogens (tertiary/aromatic N) is 1. The monoisotopic (exact) mass is 285 g/mol. The van der Waals surface area contributed by atoms with Gasteiger partial charge in [0.1, 0.15) is 11.6 Å². The van der Waals surface area contributed by atoms with E-state index in [0.717, 1.165) is 4.88 Å². The maximum Gasteiger partial charge on any atom is 0.181 e. The average Bonchev–Trinajstić information content (AvgIpc) is 2.79. The van der Waals surface area contributed by atoms with Crippen LogP contribution in [-0.2, 0) is 6.42 Å². The van der Waals surface area contributed by atoms with E-state index in [-0.39, 0.29) is 11.0 Å². The molecule has 3 nitrogen and oxygen atoms in total. The van der Waals surface area contributed by atoms with Crippen LogP contribution in [0.3, 0.4) is 0 Å². The van der Waals surface area contributed by atoms with Crippen LogP contribution >= 0.6 is 22.9 Å². The SMILES string of the molecule is O/N=C(\Cl)Cc1ccc(Oc2ccc(F)cc2)s1. The molecule has 0 fully saturated rings. The summed E-state index contributed by atoms with van der Waals surface area (Å²) < 4.78 is 18.2. The van der Waals surface area contributed by atoms with E-state index in [9.17, 15) is 4.39 Å². The molecule has 0 radical (unpaired) electrons. The van der Waals surface area contributed by atoms with Gasteiger partial charge in [0.2, 0.25) is 0 Å². The maximum atomic E-state index is 12.7. The van der Waals surface area contributed by atoms with Crippen LogP contribution in [0.25, 0.3) is 0 Å². The topological polar surface area (TPSA) is 41.8 Å². The van der Waals surface area contributed by atoms with E-state index in [0.29, 0.717) is 17.2 Å².